The highest BCUT2D eigenvalue weighted by atomic mass is 16.3. The number of carbonyl (C=O) groups excluding carboxylic acids is 2. The van der Waals surface area contributed by atoms with Crippen LogP contribution < -0.4 is 15.5 Å². The molecule has 0 fully saturated rings. The van der Waals surface area contributed by atoms with E-state index >= 15 is 0 Å². The highest BCUT2D eigenvalue weighted by Crippen LogP contribution is 2.36. The van der Waals surface area contributed by atoms with Crippen LogP contribution in [0, 0.1) is 0 Å². The van der Waals surface area contributed by atoms with Gasteiger partial charge in [0.1, 0.15) is 5.54 Å². The molecule has 1 atom stereocenters. The predicted molar refractivity (Wildman–Crippen MR) is 110 cm³/mol. The Labute approximate surface area is 169 Å². The number of nitrogens with two attached hydrogens (primary N) is 1. The molecule has 29 heavy (non-hydrogen) atoms. The lowest BCUT2D eigenvalue weighted by atomic mass is 9.96. The van der Waals surface area contributed by atoms with Gasteiger partial charge in [-0.3, -0.25) is 14.5 Å². The first-order chi connectivity index (χ1) is 14.0. The number of rotatable bonds is 5. The van der Waals surface area contributed by atoms with Gasteiger partial charge in [0.2, 0.25) is 5.91 Å². The number of fused-ring (bicyclic) bond motifs is 1. The number of nitrogens with zero attached hydrogens (tertiary/aromatic N) is 1. The van der Waals surface area contributed by atoms with E-state index in [9.17, 15) is 9.59 Å². The molecule has 1 aliphatic rings. The number of nitrogens with one attached hydrogen (secondary N) is 1. The molecule has 0 saturated heterocycles. The first-order valence-corrected chi connectivity index (χ1v) is 9.63. The van der Waals surface area contributed by atoms with Crippen LogP contribution in [-0.4, -0.2) is 23.9 Å². The Hall–Kier alpha value is -3.38. The van der Waals surface area contributed by atoms with Crippen LogP contribution in [-0.2, 0) is 9.59 Å². The van der Waals surface area contributed by atoms with Gasteiger partial charge in [-0.25, -0.2) is 0 Å². The van der Waals surface area contributed by atoms with E-state index in [-0.39, 0.29) is 24.4 Å². The third-order valence-corrected chi connectivity index (χ3v) is 5.29. The molecule has 0 unspecified atom stereocenters. The summed E-state index contributed by atoms with van der Waals surface area (Å²) in [5, 5.41) is 4.84. The van der Waals surface area contributed by atoms with Crippen LogP contribution in [0.2, 0.25) is 0 Å². The molecule has 2 aromatic carbocycles. The number of para-hydroxylation sites is 2. The molecule has 0 radical (unpaired) electrons. The van der Waals surface area contributed by atoms with Crippen molar-refractivity contribution in [3.8, 4) is 0 Å². The molecule has 0 spiro atoms. The molecule has 148 valence electrons. The molecule has 2 heterocycles. The van der Waals surface area contributed by atoms with Crippen molar-refractivity contribution >= 4 is 23.2 Å². The van der Waals surface area contributed by atoms with Crippen molar-refractivity contribution < 1.29 is 19.3 Å². The quantitative estimate of drug-likeness (QED) is 0.703. The third kappa shape index (κ3) is 3.54. The predicted octanol–water partition coefficient (Wildman–Crippen LogP) is 2.70. The summed E-state index contributed by atoms with van der Waals surface area (Å²) >= 11 is 0. The zero-order valence-corrected chi connectivity index (χ0v) is 16.5. The molecule has 0 saturated carbocycles. The van der Waals surface area contributed by atoms with Crippen molar-refractivity contribution in [1.82, 2.24) is 0 Å². The second-order valence-electron chi connectivity index (χ2n) is 7.60. The van der Waals surface area contributed by atoms with Gasteiger partial charge in [0, 0.05) is 5.56 Å². The molecular weight excluding hydrogens is 366 g/mol. The van der Waals surface area contributed by atoms with Crippen LogP contribution >= 0.6 is 0 Å². The average Bonchev–Trinajstić information content (AvgIpc) is 3.24. The first kappa shape index (κ1) is 19.0. The van der Waals surface area contributed by atoms with Gasteiger partial charge < -0.3 is 15.1 Å². The van der Waals surface area contributed by atoms with Gasteiger partial charge in [-0.1, -0.05) is 42.5 Å². The van der Waals surface area contributed by atoms with Gasteiger partial charge >= 0.3 is 0 Å². The number of quaternary nitrogens is 1. The van der Waals surface area contributed by atoms with Gasteiger partial charge in [0.25, 0.3) is 5.91 Å². The van der Waals surface area contributed by atoms with E-state index in [1.807, 2.05) is 72.0 Å². The smallest absolute Gasteiger partial charge is 0.283 e. The van der Waals surface area contributed by atoms with E-state index in [2.05, 4.69) is 5.32 Å². The second-order valence-corrected chi connectivity index (χ2v) is 7.60. The van der Waals surface area contributed by atoms with Crippen molar-refractivity contribution in [3.63, 3.8) is 0 Å². The highest BCUT2D eigenvalue weighted by Gasteiger charge is 2.44. The Kier molecular flexibility index (Phi) is 4.94. The molecule has 6 nitrogen and oxygen atoms in total. The maximum atomic E-state index is 13.3. The summed E-state index contributed by atoms with van der Waals surface area (Å²) in [4.78, 5) is 27.5. The molecular formula is C23H24N3O3+. The van der Waals surface area contributed by atoms with Gasteiger partial charge in [0.15, 0.2) is 18.3 Å². The fourth-order valence-electron chi connectivity index (χ4n) is 3.75. The molecule has 1 aromatic heterocycles. The lowest BCUT2D eigenvalue weighted by molar-refractivity contribution is -0.678. The van der Waals surface area contributed by atoms with Crippen LogP contribution in [0.5, 0.6) is 0 Å². The topological polar surface area (TPSA) is 79.2 Å². The minimum atomic E-state index is -0.980. The summed E-state index contributed by atoms with van der Waals surface area (Å²) in [5.74, 6) is 0.444. The van der Waals surface area contributed by atoms with Crippen LogP contribution in [0.1, 0.15) is 31.2 Å². The number of hydrogen-bond acceptors (Lipinski definition) is 3. The Balaban J connectivity index is 1.60. The van der Waals surface area contributed by atoms with Gasteiger partial charge in [-0.05, 0) is 38.1 Å². The van der Waals surface area contributed by atoms with Crippen LogP contribution in [0.4, 0.5) is 11.4 Å². The summed E-state index contributed by atoms with van der Waals surface area (Å²) in [6, 6.07) is 20.9. The zero-order valence-electron chi connectivity index (χ0n) is 16.5. The van der Waals surface area contributed by atoms with Gasteiger partial charge in [-0.2, -0.15) is 0 Å². The number of carbonyl (C=O) groups is 2. The lowest BCUT2D eigenvalue weighted by Gasteiger charge is -2.41. The standard InChI is InChI=1S/C23H23N3O3/c1-23(2)22(28)25-17-11-6-7-12-18(17)26(23)20(27)15-24-21(19-13-8-14-29-19)16-9-4-3-5-10-16/h3-14,21,24H,15H2,1-2H3,(H,25,28)/p+1/t21-/m1/s1. The summed E-state index contributed by atoms with van der Waals surface area (Å²) in [6.45, 7) is 3.69. The Bertz CT molecular complexity index is 1010. The van der Waals surface area contributed by atoms with Crippen LogP contribution in [0.3, 0.4) is 0 Å². The fraction of sp³-hybridized carbons (Fsp3) is 0.217. The highest BCUT2D eigenvalue weighted by molar-refractivity contribution is 6.14. The molecule has 6 heteroatoms. The van der Waals surface area contributed by atoms with Crippen LogP contribution in [0.25, 0.3) is 0 Å². The first-order valence-electron chi connectivity index (χ1n) is 9.63. The van der Waals surface area contributed by atoms with E-state index in [0.29, 0.717) is 11.4 Å². The Morgan fingerprint density at radius 2 is 1.79 bits per heavy atom. The van der Waals surface area contributed by atoms with E-state index in [1.54, 1.807) is 25.0 Å². The van der Waals surface area contributed by atoms with Crippen molar-refractivity contribution in [2.24, 2.45) is 0 Å². The van der Waals surface area contributed by atoms with Crippen LogP contribution in [0.15, 0.2) is 77.4 Å². The minimum absolute atomic E-state index is 0.134. The zero-order chi connectivity index (χ0) is 20.4. The molecule has 0 aliphatic carbocycles. The van der Waals surface area contributed by atoms with E-state index in [1.165, 1.54) is 0 Å². The Morgan fingerprint density at radius 3 is 2.52 bits per heavy atom. The Morgan fingerprint density at radius 1 is 1.07 bits per heavy atom. The number of amides is 2. The van der Waals surface area contributed by atoms with Gasteiger partial charge in [-0.15, -0.1) is 0 Å². The molecule has 1 aliphatic heterocycles. The van der Waals surface area contributed by atoms with Crippen molar-refractivity contribution in [3.05, 3.63) is 84.3 Å². The SMILES string of the molecule is CC1(C)C(=O)Nc2ccccc2N1C(=O)C[NH2+][C@H](c1ccccc1)c1ccco1. The summed E-state index contributed by atoms with van der Waals surface area (Å²) in [6.07, 6.45) is 1.63. The van der Waals surface area contributed by atoms with Crippen molar-refractivity contribution in [2.45, 2.75) is 25.4 Å². The third-order valence-electron chi connectivity index (χ3n) is 5.29. The molecule has 0 bridgehead atoms. The number of furan rings is 1. The summed E-state index contributed by atoms with van der Waals surface area (Å²) in [5.41, 5.74) is 1.43. The van der Waals surface area contributed by atoms with E-state index in [0.717, 1.165) is 11.3 Å². The van der Waals surface area contributed by atoms with E-state index in [4.69, 9.17) is 4.42 Å². The van der Waals surface area contributed by atoms with E-state index < -0.39 is 5.54 Å². The van der Waals surface area contributed by atoms with Crippen molar-refractivity contribution in [1.29, 1.82) is 0 Å². The normalized spacial score (nSPS) is 16.1. The minimum Gasteiger partial charge on any atom is -0.463 e. The fourth-order valence-corrected chi connectivity index (χ4v) is 3.75. The molecule has 3 aromatic rings. The summed E-state index contributed by atoms with van der Waals surface area (Å²) < 4.78 is 5.62. The lowest BCUT2D eigenvalue weighted by Crippen LogP contribution is -2.88. The number of hydrogen-bond donors (Lipinski definition) is 2. The molecule has 4 rings (SSSR count). The maximum Gasteiger partial charge on any atom is 0.283 e. The largest absolute Gasteiger partial charge is 0.463 e. The summed E-state index contributed by atoms with van der Waals surface area (Å²) in [7, 11) is 0. The monoisotopic (exact) mass is 390 g/mol. The van der Waals surface area contributed by atoms with Crippen molar-refractivity contribution in [2.75, 3.05) is 16.8 Å². The second kappa shape index (κ2) is 7.56. The maximum absolute atomic E-state index is 13.3. The molecule has 2 amide bonds. The average molecular weight is 390 g/mol. The number of anilines is 2. The number of benzene rings is 2. The molecule has 3 N–H and O–H groups in total. The van der Waals surface area contributed by atoms with Gasteiger partial charge in [0.05, 0.1) is 17.6 Å².